The highest BCUT2D eigenvalue weighted by atomic mass is 16.3. The third-order valence-electron chi connectivity index (χ3n) is 7.78. The fourth-order valence-electron chi connectivity index (χ4n) is 5.87. The average Bonchev–Trinajstić information content (AvgIpc) is 3.22. The fraction of sp³-hybridized carbons (Fsp3) is 0.281. The monoisotopic (exact) mass is 446 g/mol. The van der Waals surface area contributed by atoms with Crippen LogP contribution in [0.15, 0.2) is 77.3 Å². The molecule has 1 saturated carbocycles. The van der Waals surface area contributed by atoms with Crippen molar-refractivity contribution in [3.63, 3.8) is 0 Å². The Labute approximate surface area is 201 Å². The summed E-state index contributed by atoms with van der Waals surface area (Å²) in [5, 5.41) is 2.42. The van der Waals surface area contributed by atoms with Gasteiger partial charge in [-0.3, -0.25) is 0 Å². The fourth-order valence-corrected chi connectivity index (χ4v) is 5.87. The van der Waals surface area contributed by atoms with Crippen LogP contribution in [0.4, 0.5) is 0 Å². The van der Waals surface area contributed by atoms with E-state index in [1.165, 1.54) is 82.0 Å². The van der Waals surface area contributed by atoms with Gasteiger partial charge in [0, 0.05) is 28.0 Å². The van der Waals surface area contributed by atoms with Crippen LogP contribution in [-0.2, 0) is 7.05 Å². The summed E-state index contributed by atoms with van der Waals surface area (Å²) >= 11 is 0. The van der Waals surface area contributed by atoms with Crippen molar-refractivity contribution in [3.8, 4) is 22.4 Å². The molecule has 2 nitrogen and oxygen atoms in total. The molecule has 5 aromatic rings. The molecule has 0 unspecified atom stereocenters. The van der Waals surface area contributed by atoms with Crippen LogP contribution in [0.1, 0.15) is 54.7 Å². The van der Waals surface area contributed by atoms with E-state index in [0.29, 0.717) is 5.92 Å². The molecule has 0 bridgehead atoms. The first-order valence-corrected chi connectivity index (χ1v) is 12.6. The van der Waals surface area contributed by atoms with Crippen molar-refractivity contribution in [2.45, 2.75) is 51.9 Å². The molecule has 3 aromatic carbocycles. The number of fused-ring (bicyclic) bond motifs is 3. The molecule has 0 atom stereocenters. The second-order valence-corrected chi connectivity index (χ2v) is 10.1. The van der Waals surface area contributed by atoms with E-state index >= 15 is 0 Å². The number of rotatable bonds is 3. The van der Waals surface area contributed by atoms with Crippen molar-refractivity contribution in [3.05, 3.63) is 89.6 Å². The summed E-state index contributed by atoms with van der Waals surface area (Å²) in [5.41, 5.74) is 10.9. The summed E-state index contributed by atoms with van der Waals surface area (Å²) in [5.74, 6) is 0.689. The first-order chi connectivity index (χ1) is 16.6. The van der Waals surface area contributed by atoms with Crippen molar-refractivity contribution in [1.82, 2.24) is 0 Å². The molecule has 0 aliphatic heterocycles. The molecular formula is C32H32NO+. The maximum Gasteiger partial charge on any atom is 0.213 e. The molecule has 170 valence electrons. The molecule has 0 radical (unpaired) electrons. The molecule has 2 heteroatoms. The summed E-state index contributed by atoms with van der Waals surface area (Å²) in [4.78, 5) is 0. The predicted octanol–water partition coefficient (Wildman–Crippen LogP) is 8.41. The molecule has 2 aromatic heterocycles. The van der Waals surface area contributed by atoms with E-state index in [2.05, 4.69) is 98.4 Å². The van der Waals surface area contributed by atoms with Crippen molar-refractivity contribution >= 4 is 21.9 Å². The van der Waals surface area contributed by atoms with Gasteiger partial charge < -0.3 is 4.42 Å². The molecule has 0 amide bonds. The summed E-state index contributed by atoms with van der Waals surface area (Å²) in [6, 6.07) is 24.5. The largest absolute Gasteiger partial charge is 0.456 e. The lowest BCUT2D eigenvalue weighted by Gasteiger charge is -2.21. The van der Waals surface area contributed by atoms with Crippen LogP contribution in [0, 0.1) is 13.8 Å². The molecule has 0 saturated heterocycles. The SMILES string of the molecule is Cc1c[n+](C)c(-c2ccccc2C)cc1-c1ccc2c(c1)oc1cc(C3CCCCC3)ccc12. The van der Waals surface area contributed by atoms with E-state index in [0.717, 1.165) is 11.2 Å². The molecule has 2 heterocycles. The van der Waals surface area contributed by atoms with Crippen LogP contribution in [0.3, 0.4) is 0 Å². The topological polar surface area (TPSA) is 17.0 Å². The van der Waals surface area contributed by atoms with Gasteiger partial charge in [-0.2, -0.15) is 0 Å². The first-order valence-electron chi connectivity index (χ1n) is 12.6. The number of hydrogen-bond acceptors (Lipinski definition) is 1. The van der Waals surface area contributed by atoms with E-state index in [1.807, 2.05) is 0 Å². The average molecular weight is 447 g/mol. The number of pyridine rings is 1. The smallest absolute Gasteiger partial charge is 0.213 e. The number of nitrogens with zero attached hydrogens (tertiary/aromatic N) is 1. The Morgan fingerprint density at radius 1 is 0.735 bits per heavy atom. The first kappa shape index (κ1) is 21.2. The minimum Gasteiger partial charge on any atom is -0.456 e. The van der Waals surface area contributed by atoms with E-state index in [9.17, 15) is 0 Å². The third kappa shape index (κ3) is 3.62. The van der Waals surface area contributed by atoms with E-state index in [4.69, 9.17) is 4.42 Å². The summed E-state index contributed by atoms with van der Waals surface area (Å²) in [6.45, 7) is 4.37. The number of furan rings is 1. The zero-order chi connectivity index (χ0) is 23.2. The Balaban J connectivity index is 1.44. The molecule has 34 heavy (non-hydrogen) atoms. The van der Waals surface area contributed by atoms with Gasteiger partial charge in [-0.1, -0.05) is 55.7 Å². The highest BCUT2D eigenvalue weighted by Gasteiger charge is 2.19. The van der Waals surface area contributed by atoms with Crippen LogP contribution in [0.2, 0.25) is 0 Å². The Hall–Kier alpha value is -3.39. The van der Waals surface area contributed by atoms with E-state index in [-0.39, 0.29) is 0 Å². The van der Waals surface area contributed by atoms with Crippen molar-refractivity contribution in [2.24, 2.45) is 7.05 Å². The minimum absolute atomic E-state index is 0.689. The van der Waals surface area contributed by atoms with E-state index < -0.39 is 0 Å². The van der Waals surface area contributed by atoms with Crippen molar-refractivity contribution in [2.75, 3.05) is 0 Å². The van der Waals surface area contributed by atoms with Crippen LogP contribution in [-0.4, -0.2) is 0 Å². The summed E-state index contributed by atoms with van der Waals surface area (Å²) in [7, 11) is 2.13. The highest BCUT2D eigenvalue weighted by molar-refractivity contribution is 6.06. The maximum atomic E-state index is 6.44. The van der Waals surface area contributed by atoms with Gasteiger partial charge in [0.2, 0.25) is 5.69 Å². The third-order valence-corrected chi connectivity index (χ3v) is 7.78. The van der Waals surface area contributed by atoms with Gasteiger partial charge in [0.15, 0.2) is 6.20 Å². The zero-order valence-electron chi connectivity index (χ0n) is 20.4. The Morgan fingerprint density at radius 2 is 1.47 bits per heavy atom. The number of aryl methyl sites for hydroxylation is 3. The normalized spacial score (nSPS) is 14.8. The summed E-state index contributed by atoms with van der Waals surface area (Å²) < 4.78 is 8.67. The second-order valence-electron chi connectivity index (χ2n) is 10.1. The number of aromatic nitrogens is 1. The Bertz CT molecular complexity index is 1520. The standard InChI is InChI=1S/C32H32NO/c1-21-9-7-8-12-26(21)30-19-29(22(2)20-33(30)3)25-14-16-28-27-15-13-24(23-10-5-4-6-11-23)17-31(27)34-32(28)18-25/h7-9,12-20,23H,4-6,10-11H2,1-3H3/q+1. The molecule has 1 aliphatic rings. The maximum absolute atomic E-state index is 6.44. The lowest BCUT2D eigenvalue weighted by molar-refractivity contribution is -0.660. The van der Waals surface area contributed by atoms with Gasteiger partial charge in [-0.15, -0.1) is 0 Å². The van der Waals surface area contributed by atoms with Crippen LogP contribution in [0.25, 0.3) is 44.3 Å². The molecule has 0 spiro atoms. The molecule has 1 fully saturated rings. The van der Waals surface area contributed by atoms with Crippen molar-refractivity contribution in [1.29, 1.82) is 0 Å². The van der Waals surface area contributed by atoms with Gasteiger partial charge in [-0.25, -0.2) is 4.57 Å². The van der Waals surface area contributed by atoms with Gasteiger partial charge in [0.25, 0.3) is 0 Å². The highest BCUT2D eigenvalue weighted by Crippen LogP contribution is 2.38. The molecular weight excluding hydrogens is 414 g/mol. The Kier molecular flexibility index (Phi) is 5.25. The molecule has 6 rings (SSSR count). The van der Waals surface area contributed by atoms with E-state index in [1.54, 1.807) is 0 Å². The van der Waals surface area contributed by atoms with Crippen LogP contribution < -0.4 is 4.57 Å². The Morgan fingerprint density at radius 3 is 2.26 bits per heavy atom. The summed E-state index contributed by atoms with van der Waals surface area (Å²) in [6.07, 6.45) is 8.94. The lowest BCUT2D eigenvalue weighted by atomic mass is 9.84. The predicted molar refractivity (Wildman–Crippen MR) is 141 cm³/mol. The number of hydrogen-bond donors (Lipinski definition) is 0. The lowest BCUT2D eigenvalue weighted by Crippen LogP contribution is -2.31. The minimum atomic E-state index is 0.689. The zero-order valence-corrected chi connectivity index (χ0v) is 20.4. The van der Waals surface area contributed by atoms with Crippen LogP contribution >= 0.6 is 0 Å². The van der Waals surface area contributed by atoms with Gasteiger partial charge in [0.05, 0.1) is 0 Å². The van der Waals surface area contributed by atoms with Gasteiger partial charge >= 0.3 is 0 Å². The second kappa shape index (κ2) is 8.43. The van der Waals surface area contributed by atoms with Crippen molar-refractivity contribution < 1.29 is 8.98 Å². The quantitative estimate of drug-likeness (QED) is 0.254. The van der Waals surface area contributed by atoms with Gasteiger partial charge in [-0.05, 0) is 79.1 Å². The van der Waals surface area contributed by atoms with Crippen LogP contribution in [0.5, 0.6) is 0 Å². The number of benzene rings is 3. The van der Waals surface area contributed by atoms with Gasteiger partial charge in [0.1, 0.15) is 18.2 Å². The molecule has 0 N–H and O–H groups in total. The molecule has 1 aliphatic carbocycles.